The fourth-order valence-electron chi connectivity index (χ4n) is 1.48. The van der Waals surface area contributed by atoms with Crippen LogP contribution in [0.4, 0.5) is 4.79 Å². The van der Waals surface area contributed by atoms with Gasteiger partial charge in [0.05, 0.1) is 12.6 Å². The van der Waals surface area contributed by atoms with Gasteiger partial charge in [-0.15, -0.1) is 0 Å². The maximum absolute atomic E-state index is 11.6. The molecule has 1 aliphatic heterocycles. The third-order valence-corrected chi connectivity index (χ3v) is 3.09. The normalized spacial score (nSPS) is 26.9. The summed E-state index contributed by atoms with van der Waals surface area (Å²) in [5.74, 6) is 0.109. The van der Waals surface area contributed by atoms with Crippen LogP contribution in [0.3, 0.4) is 0 Å². The maximum Gasteiger partial charge on any atom is 0.410 e. The number of carbonyl (C=O) groups excluding carboxylic acids is 1. The Hall–Kier alpha value is -0.290. The molecule has 1 aliphatic rings. The summed E-state index contributed by atoms with van der Waals surface area (Å²) < 4.78 is 5.22. The molecular weight excluding hydrogens is 262 g/mol. The molecule has 0 aromatic carbocycles. The van der Waals surface area contributed by atoms with Crippen molar-refractivity contribution in [3.63, 3.8) is 0 Å². The molecule has 4 nitrogen and oxygen atoms in total. The highest BCUT2D eigenvalue weighted by Crippen LogP contribution is 2.21. The van der Waals surface area contributed by atoms with Gasteiger partial charge in [-0.05, 0) is 20.8 Å². The molecule has 1 rings (SSSR count). The summed E-state index contributed by atoms with van der Waals surface area (Å²) in [6, 6.07) is 0. The molecule has 1 amide bonds. The molecule has 0 aromatic heterocycles. The zero-order valence-corrected chi connectivity index (χ0v) is 11.0. The van der Waals surface area contributed by atoms with Gasteiger partial charge in [0, 0.05) is 17.8 Å². The fraction of sp³-hybridized carbons (Fsp3) is 0.900. The van der Waals surface area contributed by atoms with E-state index < -0.39 is 11.7 Å². The third-order valence-electron chi connectivity index (χ3n) is 2.26. The minimum atomic E-state index is -0.478. The highest BCUT2D eigenvalue weighted by Gasteiger charge is 2.35. The Morgan fingerprint density at radius 2 is 2.13 bits per heavy atom. The molecule has 0 saturated carbocycles. The fourth-order valence-corrected chi connectivity index (χ4v) is 2.12. The lowest BCUT2D eigenvalue weighted by molar-refractivity contribution is 0.0270. The number of aliphatic hydroxyl groups is 1. The summed E-state index contributed by atoms with van der Waals surface area (Å²) >= 11 is 3.32. The van der Waals surface area contributed by atoms with Gasteiger partial charge in [-0.2, -0.15) is 0 Å². The summed E-state index contributed by atoms with van der Waals surface area (Å²) in [6.07, 6.45) is -0.790. The highest BCUT2D eigenvalue weighted by atomic mass is 79.9. The molecule has 88 valence electrons. The van der Waals surface area contributed by atoms with Crippen molar-refractivity contribution >= 4 is 22.0 Å². The second kappa shape index (κ2) is 4.70. The standard InChI is InChI=1S/C10H18BrNO3/c1-10(2,3)15-9(14)12-5-7(4-11)8(13)6-12/h7-8,13H,4-6H2,1-3H3/t7-,8-/m1/s1. The van der Waals surface area contributed by atoms with Crippen molar-refractivity contribution in [2.24, 2.45) is 5.92 Å². The first kappa shape index (κ1) is 12.8. The average molecular weight is 280 g/mol. The summed E-state index contributed by atoms with van der Waals surface area (Å²) in [5.41, 5.74) is -0.478. The number of carbonyl (C=O) groups is 1. The van der Waals surface area contributed by atoms with E-state index in [-0.39, 0.29) is 12.0 Å². The number of halogens is 1. The van der Waals surface area contributed by atoms with Crippen molar-refractivity contribution in [3.8, 4) is 0 Å². The average Bonchev–Trinajstić information content (AvgIpc) is 2.43. The number of nitrogens with zero attached hydrogens (tertiary/aromatic N) is 1. The second-order valence-corrected chi connectivity index (χ2v) is 5.51. The van der Waals surface area contributed by atoms with E-state index in [1.54, 1.807) is 4.90 Å². The van der Waals surface area contributed by atoms with Gasteiger partial charge in [-0.1, -0.05) is 15.9 Å². The van der Waals surface area contributed by atoms with Crippen LogP contribution in [0.2, 0.25) is 0 Å². The number of aliphatic hydroxyl groups excluding tert-OH is 1. The van der Waals surface area contributed by atoms with Crippen LogP contribution in [0, 0.1) is 5.92 Å². The molecule has 0 spiro atoms. The molecule has 0 radical (unpaired) electrons. The molecule has 0 unspecified atom stereocenters. The van der Waals surface area contributed by atoms with Crippen LogP contribution >= 0.6 is 15.9 Å². The monoisotopic (exact) mass is 279 g/mol. The molecule has 1 N–H and O–H groups in total. The number of β-amino-alcohol motifs (C(OH)–C–C–N with tert-alkyl or cyclic N) is 1. The molecule has 0 aliphatic carbocycles. The van der Waals surface area contributed by atoms with Gasteiger partial charge in [0.2, 0.25) is 0 Å². The number of likely N-dealkylation sites (tertiary alicyclic amines) is 1. The van der Waals surface area contributed by atoms with Gasteiger partial charge in [0.25, 0.3) is 0 Å². The van der Waals surface area contributed by atoms with Crippen molar-refractivity contribution in [3.05, 3.63) is 0 Å². The lowest BCUT2D eigenvalue weighted by atomic mass is 10.1. The zero-order valence-electron chi connectivity index (χ0n) is 9.36. The SMILES string of the molecule is CC(C)(C)OC(=O)N1C[C@@H](CBr)[C@H](O)C1. The van der Waals surface area contributed by atoms with Crippen LogP contribution < -0.4 is 0 Å². The first-order valence-corrected chi connectivity index (χ1v) is 6.17. The zero-order chi connectivity index (χ0) is 11.6. The number of rotatable bonds is 1. The Morgan fingerprint density at radius 1 is 1.53 bits per heavy atom. The Labute approximate surface area is 98.7 Å². The van der Waals surface area contributed by atoms with Crippen molar-refractivity contribution in [2.75, 3.05) is 18.4 Å². The Bertz CT molecular complexity index is 239. The molecule has 1 fully saturated rings. The summed E-state index contributed by atoms with van der Waals surface area (Å²) in [5, 5.41) is 10.3. The largest absolute Gasteiger partial charge is 0.444 e. The smallest absolute Gasteiger partial charge is 0.410 e. The Morgan fingerprint density at radius 3 is 2.53 bits per heavy atom. The first-order valence-electron chi connectivity index (χ1n) is 5.05. The summed E-state index contributed by atoms with van der Waals surface area (Å²) in [7, 11) is 0. The van der Waals surface area contributed by atoms with E-state index in [2.05, 4.69) is 15.9 Å². The molecule has 1 saturated heterocycles. The highest BCUT2D eigenvalue weighted by molar-refractivity contribution is 9.09. The van der Waals surface area contributed by atoms with Crippen LogP contribution in [0.1, 0.15) is 20.8 Å². The molecular formula is C10H18BrNO3. The predicted molar refractivity (Wildman–Crippen MR) is 61.1 cm³/mol. The van der Waals surface area contributed by atoms with E-state index >= 15 is 0 Å². The van der Waals surface area contributed by atoms with E-state index in [0.29, 0.717) is 18.4 Å². The molecule has 2 atom stereocenters. The minimum Gasteiger partial charge on any atom is -0.444 e. The molecule has 0 bridgehead atoms. The van der Waals surface area contributed by atoms with Crippen LogP contribution in [-0.2, 0) is 4.74 Å². The second-order valence-electron chi connectivity index (χ2n) is 4.87. The van der Waals surface area contributed by atoms with Gasteiger partial charge in [-0.25, -0.2) is 4.79 Å². The van der Waals surface area contributed by atoms with E-state index in [0.717, 1.165) is 0 Å². The van der Waals surface area contributed by atoms with Crippen LogP contribution in [-0.4, -0.2) is 46.2 Å². The lowest BCUT2D eigenvalue weighted by Gasteiger charge is -2.24. The van der Waals surface area contributed by atoms with Crippen LogP contribution in [0.25, 0.3) is 0 Å². The van der Waals surface area contributed by atoms with Gasteiger partial charge in [0.15, 0.2) is 0 Å². The summed E-state index contributed by atoms with van der Waals surface area (Å²) in [4.78, 5) is 13.2. The quantitative estimate of drug-likeness (QED) is 0.742. The maximum atomic E-state index is 11.6. The van der Waals surface area contributed by atoms with Gasteiger partial charge in [0.1, 0.15) is 5.60 Å². The first-order chi connectivity index (χ1) is 6.83. The number of hydrogen-bond donors (Lipinski definition) is 1. The van der Waals surface area contributed by atoms with E-state index in [9.17, 15) is 9.90 Å². The lowest BCUT2D eigenvalue weighted by Crippen LogP contribution is -2.35. The van der Waals surface area contributed by atoms with Gasteiger partial charge < -0.3 is 14.7 Å². The third kappa shape index (κ3) is 3.65. The van der Waals surface area contributed by atoms with Crippen LogP contribution in [0.5, 0.6) is 0 Å². The van der Waals surface area contributed by atoms with Crippen LogP contribution in [0.15, 0.2) is 0 Å². The molecule has 5 heteroatoms. The van der Waals surface area contributed by atoms with Crippen molar-refractivity contribution in [1.29, 1.82) is 0 Å². The number of alkyl halides is 1. The predicted octanol–water partition coefficient (Wildman–Crippen LogP) is 1.61. The van der Waals surface area contributed by atoms with E-state index in [1.165, 1.54) is 0 Å². The molecule has 15 heavy (non-hydrogen) atoms. The van der Waals surface area contributed by atoms with E-state index in [4.69, 9.17) is 4.74 Å². The van der Waals surface area contributed by atoms with E-state index in [1.807, 2.05) is 20.8 Å². The number of hydrogen-bond acceptors (Lipinski definition) is 3. The summed E-state index contributed by atoms with van der Waals surface area (Å²) in [6.45, 7) is 6.42. The van der Waals surface area contributed by atoms with Crippen molar-refractivity contribution in [1.82, 2.24) is 4.90 Å². The molecule has 1 heterocycles. The number of ether oxygens (including phenoxy) is 1. The van der Waals surface area contributed by atoms with Crippen molar-refractivity contribution < 1.29 is 14.6 Å². The minimum absolute atomic E-state index is 0.109. The Kier molecular flexibility index (Phi) is 4.00. The molecule has 0 aromatic rings. The van der Waals surface area contributed by atoms with Gasteiger partial charge >= 0.3 is 6.09 Å². The Balaban J connectivity index is 2.50. The topological polar surface area (TPSA) is 49.8 Å². The van der Waals surface area contributed by atoms with Gasteiger partial charge in [-0.3, -0.25) is 0 Å². The number of amides is 1. The van der Waals surface area contributed by atoms with Crippen molar-refractivity contribution in [2.45, 2.75) is 32.5 Å².